The van der Waals surface area contributed by atoms with E-state index in [9.17, 15) is 13.2 Å². The van der Waals surface area contributed by atoms with E-state index in [1.807, 2.05) is 36.5 Å². The van der Waals surface area contributed by atoms with Crippen LogP contribution in [0, 0.1) is 5.92 Å². The number of carbonyl (C=O) groups excluding carboxylic acids is 1. The summed E-state index contributed by atoms with van der Waals surface area (Å²) < 4.78 is 24.1. The molecule has 7 nitrogen and oxygen atoms in total. The van der Waals surface area contributed by atoms with Crippen LogP contribution in [0.25, 0.3) is 5.69 Å². The van der Waals surface area contributed by atoms with Crippen molar-refractivity contribution in [2.45, 2.75) is 6.42 Å². The van der Waals surface area contributed by atoms with Crippen LogP contribution in [0.3, 0.4) is 0 Å². The summed E-state index contributed by atoms with van der Waals surface area (Å²) in [6, 6.07) is 9.22. The molecular weight excluding hydrogens is 304 g/mol. The first-order valence-corrected chi connectivity index (χ1v) is 8.55. The zero-order chi connectivity index (χ0) is 15.7. The lowest BCUT2D eigenvalue weighted by Gasteiger charge is -2.17. The molecule has 3 rings (SSSR count). The number of nitrogens with zero attached hydrogens (tertiary/aromatic N) is 3. The van der Waals surface area contributed by atoms with E-state index in [2.05, 4.69) is 5.10 Å². The fourth-order valence-corrected chi connectivity index (χ4v) is 3.58. The summed E-state index contributed by atoms with van der Waals surface area (Å²) in [6.07, 6.45) is 3.69. The van der Waals surface area contributed by atoms with Crippen LogP contribution in [-0.4, -0.2) is 36.4 Å². The van der Waals surface area contributed by atoms with E-state index in [4.69, 9.17) is 5.14 Å². The molecule has 0 aliphatic carbocycles. The van der Waals surface area contributed by atoms with Crippen LogP contribution in [-0.2, 0) is 14.8 Å². The SMILES string of the molecule is NS(=O)(=O)CC1CC(=O)N(c2cccc(-n3cccn3)c2)C1. The predicted molar refractivity (Wildman–Crippen MR) is 82.0 cm³/mol. The molecule has 22 heavy (non-hydrogen) atoms. The van der Waals surface area contributed by atoms with Crippen LogP contribution in [0.15, 0.2) is 42.7 Å². The Bertz CT molecular complexity index is 786. The van der Waals surface area contributed by atoms with E-state index in [1.165, 1.54) is 0 Å². The second-order valence-corrected chi connectivity index (χ2v) is 7.03. The minimum absolute atomic E-state index is 0.0914. The maximum Gasteiger partial charge on any atom is 0.227 e. The number of rotatable bonds is 4. The van der Waals surface area contributed by atoms with Gasteiger partial charge in [0.15, 0.2) is 0 Å². The van der Waals surface area contributed by atoms with Crippen LogP contribution < -0.4 is 10.0 Å². The molecule has 1 saturated heterocycles. The second kappa shape index (κ2) is 5.54. The van der Waals surface area contributed by atoms with Gasteiger partial charge in [-0.25, -0.2) is 18.2 Å². The molecule has 0 spiro atoms. The topological polar surface area (TPSA) is 98.3 Å². The summed E-state index contributed by atoms with van der Waals surface area (Å²) in [6.45, 7) is 0.359. The van der Waals surface area contributed by atoms with E-state index in [0.717, 1.165) is 11.4 Å². The lowest BCUT2D eigenvalue weighted by atomic mass is 10.1. The van der Waals surface area contributed by atoms with Crippen molar-refractivity contribution < 1.29 is 13.2 Å². The molecule has 1 aliphatic heterocycles. The van der Waals surface area contributed by atoms with Crippen molar-refractivity contribution in [2.75, 3.05) is 17.2 Å². The summed E-state index contributed by atoms with van der Waals surface area (Å²) >= 11 is 0. The summed E-state index contributed by atoms with van der Waals surface area (Å²) in [5, 5.41) is 9.22. The Morgan fingerprint density at radius 2 is 2.05 bits per heavy atom. The maximum atomic E-state index is 12.1. The highest BCUT2D eigenvalue weighted by atomic mass is 32.2. The normalized spacial score (nSPS) is 18.9. The molecule has 116 valence electrons. The van der Waals surface area contributed by atoms with Crippen LogP contribution in [0.1, 0.15) is 6.42 Å². The van der Waals surface area contributed by atoms with Crippen LogP contribution in [0.5, 0.6) is 0 Å². The molecule has 2 aromatic rings. The highest BCUT2D eigenvalue weighted by Gasteiger charge is 2.32. The number of nitrogens with two attached hydrogens (primary N) is 1. The molecule has 0 bridgehead atoms. The molecule has 1 atom stereocenters. The van der Waals surface area contributed by atoms with Gasteiger partial charge in [-0.1, -0.05) is 6.07 Å². The Labute approximate surface area is 128 Å². The summed E-state index contributed by atoms with van der Waals surface area (Å²) in [4.78, 5) is 13.7. The minimum atomic E-state index is -3.57. The fourth-order valence-electron chi connectivity index (χ4n) is 2.70. The molecule has 1 fully saturated rings. The van der Waals surface area contributed by atoms with Crippen LogP contribution in [0.4, 0.5) is 5.69 Å². The molecule has 8 heteroatoms. The van der Waals surface area contributed by atoms with Crippen molar-refractivity contribution in [3.05, 3.63) is 42.7 Å². The predicted octanol–water partition coefficient (Wildman–Crippen LogP) is 0.514. The molecular formula is C14H16N4O3S. The first-order chi connectivity index (χ1) is 10.4. The molecule has 2 N–H and O–H groups in total. The molecule has 1 aromatic heterocycles. The first-order valence-electron chi connectivity index (χ1n) is 6.83. The number of primary sulfonamides is 1. The molecule has 2 heterocycles. The monoisotopic (exact) mass is 320 g/mol. The third-order valence-corrected chi connectivity index (χ3v) is 4.52. The van der Waals surface area contributed by atoms with E-state index >= 15 is 0 Å². The lowest BCUT2D eigenvalue weighted by Crippen LogP contribution is -2.27. The second-order valence-electron chi connectivity index (χ2n) is 5.37. The van der Waals surface area contributed by atoms with Gasteiger partial charge in [-0.05, 0) is 24.3 Å². The number of benzene rings is 1. The van der Waals surface area contributed by atoms with Gasteiger partial charge >= 0.3 is 0 Å². The van der Waals surface area contributed by atoms with E-state index < -0.39 is 10.0 Å². The first kappa shape index (κ1) is 14.7. The molecule has 1 aliphatic rings. The third-order valence-electron chi connectivity index (χ3n) is 3.58. The van der Waals surface area contributed by atoms with Crippen molar-refractivity contribution in [3.8, 4) is 5.69 Å². The van der Waals surface area contributed by atoms with E-state index in [-0.39, 0.29) is 24.0 Å². The number of hydrogen-bond acceptors (Lipinski definition) is 4. The van der Waals surface area contributed by atoms with Gasteiger partial charge in [0.05, 0.1) is 11.4 Å². The Hall–Kier alpha value is -2.19. The van der Waals surface area contributed by atoms with Gasteiger partial charge in [0.1, 0.15) is 0 Å². The number of carbonyl (C=O) groups is 1. The van der Waals surface area contributed by atoms with Gasteiger partial charge < -0.3 is 4.90 Å². The van der Waals surface area contributed by atoms with Crippen molar-refractivity contribution in [1.82, 2.24) is 9.78 Å². The number of amides is 1. The number of hydrogen-bond donors (Lipinski definition) is 1. The third kappa shape index (κ3) is 3.18. The Morgan fingerprint density at radius 1 is 1.27 bits per heavy atom. The number of anilines is 1. The average Bonchev–Trinajstić information content (AvgIpc) is 3.07. The van der Waals surface area contributed by atoms with Crippen molar-refractivity contribution in [2.24, 2.45) is 11.1 Å². The zero-order valence-corrected chi connectivity index (χ0v) is 12.6. The highest BCUT2D eigenvalue weighted by molar-refractivity contribution is 7.89. The van der Waals surface area contributed by atoms with Gasteiger partial charge in [0.2, 0.25) is 15.9 Å². The summed E-state index contributed by atoms with van der Waals surface area (Å²) in [7, 11) is -3.57. The molecule has 1 amide bonds. The minimum Gasteiger partial charge on any atom is -0.312 e. The largest absolute Gasteiger partial charge is 0.312 e. The summed E-state index contributed by atoms with van der Waals surface area (Å²) in [5.41, 5.74) is 1.57. The Morgan fingerprint density at radius 3 is 2.73 bits per heavy atom. The van der Waals surface area contributed by atoms with Gasteiger partial charge in [-0.3, -0.25) is 4.79 Å². The van der Waals surface area contributed by atoms with E-state index in [1.54, 1.807) is 15.8 Å². The molecule has 0 radical (unpaired) electrons. The Kier molecular flexibility index (Phi) is 3.71. The van der Waals surface area contributed by atoms with Gasteiger partial charge in [-0.2, -0.15) is 5.10 Å². The summed E-state index contributed by atoms with van der Waals surface area (Å²) in [5.74, 6) is -0.532. The molecule has 1 unspecified atom stereocenters. The van der Waals surface area contributed by atoms with Crippen molar-refractivity contribution in [1.29, 1.82) is 0 Å². The number of sulfonamides is 1. The average molecular weight is 320 g/mol. The fraction of sp³-hybridized carbons (Fsp3) is 0.286. The zero-order valence-electron chi connectivity index (χ0n) is 11.8. The number of aromatic nitrogens is 2. The standard InChI is InChI=1S/C14H16N4O3S/c15-22(20,21)10-11-7-14(19)17(9-11)12-3-1-4-13(8-12)18-6-2-5-16-18/h1-6,8,11H,7,9-10H2,(H2,15,20,21). The van der Waals surface area contributed by atoms with Crippen molar-refractivity contribution >= 4 is 21.6 Å². The Balaban J connectivity index is 1.83. The van der Waals surface area contributed by atoms with Gasteiger partial charge in [0, 0.05) is 37.0 Å². The molecule has 1 aromatic carbocycles. The van der Waals surface area contributed by atoms with Gasteiger partial charge in [0.25, 0.3) is 0 Å². The smallest absolute Gasteiger partial charge is 0.227 e. The van der Waals surface area contributed by atoms with E-state index in [0.29, 0.717) is 6.54 Å². The van der Waals surface area contributed by atoms with Crippen molar-refractivity contribution in [3.63, 3.8) is 0 Å². The quantitative estimate of drug-likeness (QED) is 0.887. The van der Waals surface area contributed by atoms with Crippen LogP contribution in [0.2, 0.25) is 0 Å². The maximum absolute atomic E-state index is 12.1. The lowest BCUT2D eigenvalue weighted by molar-refractivity contribution is -0.117. The molecule has 0 saturated carbocycles. The van der Waals surface area contributed by atoms with Gasteiger partial charge in [-0.15, -0.1) is 0 Å². The highest BCUT2D eigenvalue weighted by Crippen LogP contribution is 2.27. The van der Waals surface area contributed by atoms with Crippen LogP contribution >= 0.6 is 0 Å².